The van der Waals surface area contributed by atoms with Crippen LogP contribution in [0.3, 0.4) is 0 Å². The SMILES string of the molecule is COc1cccc(CN2CCC(CCNC(=O)c3noc(-c4ccc([N+](=O)[O-])cc4)n3)CC2)c1.O=C(O)C=CC(=O)O. The monoisotopic (exact) mass is 581 g/mol. The average molecular weight is 582 g/mol. The molecule has 1 aliphatic heterocycles. The zero-order valence-electron chi connectivity index (χ0n) is 22.8. The van der Waals surface area contributed by atoms with Crippen molar-refractivity contribution in [3.05, 3.63) is 82.2 Å². The maximum absolute atomic E-state index is 12.4. The first-order valence-electron chi connectivity index (χ1n) is 13.0. The lowest BCUT2D eigenvalue weighted by atomic mass is 9.93. The molecule has 0 unspecified atom stereocenters. The summed E-state index contributed by atoms with van der Waals surface area (Å²) in [6, 6.07) is 13.9. The van der Waals surface area contributed by atoms with Gasteiger partial charge in [0.1, 0.15) is 5.75 Å². The van der Waals surface area contributed by atoms with Gasteiger partial charge < -0.3 is 24.8 Å². The number of rotatable bonds is 11. The summed E-state index contributed by atoms with van der Waals surface area (Å²) in [6.45, 7) is 3.51. The molecule has 0 saturated carbocycles. The molecule has 1 fully saturated rings. The van der Waals surface area contributed by atoms with E-state index in [0.717, 1.165) is 44.6 Å². The van der Waals surface area contributed by atoms with Crippen LogP contribution in [-0.2, 0) is 16.1 Å². The summed E-state index contributed by atoms with van der Waals surface area (Å²) in [4.78, 5) is 48.3. The number of carboxylic acid groups (broad SMARTS) is 2. The van der Waals surface area contributed by atoms with Gasteiger partial charge in [-0.1, -0.05) is 17.3 Å². The third-order valence-electron chi connectivity index (χ3n) is 6.41. The number of amides is 1. The summed E-state index contributed by atoms with van der Waals surface area (Å²) in [5.74, 6) is -1.38. The van der Waals surface area contributed by atoms with Gasteiger partial charge in [0.25, 0.3) is 23.3 Å². The lowest BCUT2D eigenvalue weighted by Crippen LogP contribution is -2.35. The summed E-state index contributed by atoms with van der Waals surface area (Å²) in [5, 5.41) is 33.0. The first-order chi connectivity index (χ1) is 20.1. The largest absolute Gasteiger partial charge is 0.497 e. The Balaban J connectivity index is 0.000000531. The molecule has 14 heteroatoms. The van der Waals surface area contributed by atoms with Crippen LogP contribution < -0.4 is 10.1 Å². The summed E-state index contributed by atoms with van der Waals surface area (Å²) in [5.41, 5.74) is 1.73. The fourth-order valence-electron chi connectivity index (χ4n) is 4.23. The minimum absolute atomic E-state index is 0.0349. The number of nitro groups is 1. The van der Waals surface area contributed by atoms with Gasteiger partial charge in [0, 0.05) is 42.9 Å². The minimum Gasteiger partial charge on any atom is -0.497 e. The van der Waals surface area contributed by atoms with Crippen LogP contribution in [0.4, 0.5) is 5.69 Å². The third kappa shape index (κ3) is 10.1. The van der Waals surface area contributed by atoms with Crippen LogP contribution in [-0.4, -0.2) is 74.8 Å². The molecule has 3 aromatic rings. The molecule has 0 bridgehead atoms. The number of carbonyl (C=O) groups excluding carboxylic acids is 1. The molecule has 4 rings (SSSR count). The molecule has 14 nitrogen and oxygen atoms in total. The number of ether oxygens (including phenoxy) is 1. The van der Waals surface area contributed by atoms with Crippen LogP contribution in [0.2, 0.25) is 0 Å². The van der Waals surface area contributed by atoms with Gasteiger partial charge in [0.15, 0.2) is 0 Å². The summed E-state index contributed by atoms with van der Waals surface area (Å²) in [6.07, 6.45) is 4.19. The molecule has 1 aliphatic rings. The van der Waals surface area contributed by atoms with Gasteiger partial charge in [-0.05, 0) is 68.1 Å². The van der Waals surface area contributed by atoms with Crippen molar-refractivity contribution in [2.75, 3.05) is 26.7 Å². The van der Waals surface area contributed by atoms with E-state index in [1.54, 1.807) is 7.11 Å². The average Bonchev–Trinajstić information content (AvgIpc) is 3.48. The minimum atomic E-state index is -1.26. The number of benzene rings is 2. The second kappa shape index (κ2) is 15.6. The molecule has 0 aliphatic carbocycles. The fourth-order valence-corrected chi connectivity index (χ4v) is 4.23. The maximum Gasteiger partial charge on any atom is 0.328 e. The third-order valence-corrected chi connectivity index (χ3v) is 6.41. The zero-order chi connectivity index (χ0) is 30.5. The standard InChI is InChI=1S/C24H27N5O5.C4H4O4/c1-33-21-4-2-3-18(15-21)16-28-13-10-17(11-14-28)9-12-25-23(30)22-26-24(34-27-22)19-5-7-20(8-6-19)29(31)32;5-3(6)1-2-4(7)8/h2-8,15,17H,9-14,16H2,1H3,(H,25,30);1-2H,(H,5,6)(H,7,8). The van der Waals surface area contributed by atoms with Crippen molar-refractivity contribution in [1.82, 2.24) is 20.4 Å². The van der Waals surface area contributed by atoms with E-state index in [9.17, 15) is 24.5 Å². The Hall–Kier alpha value is -5.11. The van der Waals surface area contributed by atoms with Crippen LogP contribution in [0.15, 0.2) is 65.2 Å². The van der Waals surface area contributed by atoms with E-state index in [2.05, 4.69) is 32.5 Å². The number of nitro benzene ring substituents is 1. The van der Waals surface area contributed by atoms with E-state index in [1.807, 2.05) is 12.1 Å². The highest BCUT2D eigenvalue weighted by atomic mass is 16.6. The molecule has 42 heavy (non-hydrogen) atoms. The number of likely N-dealkylation sites (tertiary alicyclic amines) is 1. The van der Waals surface area contributed by atoms with Crippen LogP contribution in [0.1, 0.15) is 35.4 Å². The first-order valence-corrected chi connectivity index (χ1v) is 13.0. The number of hydrogen-bond donors (Lipinski definition) is 3. The smallest absolute Gasteiger partial charge is 0.328 e. The van der Waals surface area contributed by atoms with Crippen molar-refractivity contribution in [3.8, 4) is 17.2 Å². The van der Waals surface area contributed by atoms with Crippen LogP contribution in [0, 0.1) is 16.0 Å². The van der Waals surface area contributed by atoms with Crippen molar-refractivity contribution in [2.45, 2.75) is 25.8 Å². The van der Waals surface area contributed by atoms with Crippen LogP contribution >= 0.6 is 0 Å². The topological polar surface area (TPSA) is 198 Å². The molecule has 0 radical (unpaired) electrons. The number of aromatic nitrogens is 2. The molecule has 2 heterocycles. The van der Waals surface area contributed by atoms with Crippen molar-refractivity contribution in [1.29, 1.82) is 0 Å². The molecule has 0 atom stereocenters. The van der Waals surface area contributed by atoms with Crippen molar-refractivity contribution in [2.24, 2.45) is 5.92 Å². The number of piperidine rings is 1. The highest BCUT2D eigenvalue weighted by molar-refractivity contribution is 5.90. The van der Waals surface area contributed by atoms with Gasteiger partial charge in [-0.3, -0.25) is 19.8 Å². The van der Waals surface area contributed by atoms with Gasteiger partial charge in [-0.25, -0.2) is 9.59 Å². The molecule has 1 amide bonds. The number of carbonyl (C=O) groups is 3. The molecular weight excluding hydrogens is 550 g/mol. The Labute approximate surface area is 240 Å². The Morgan fingerprint density at radius 3 is 2.38 bits per heavy atom. The fraction of sp³-hybridized carbons (Fsp3) is 0.321. The summed E-state index contributed by atoms with van der Waals surface area (Å²) in [7, 11) is 1.68. The second-order valence-electron chi connectivity index (χ2n) is 9.35. The Bertz CT molecular complexity index is 1380. The van der Waals surface area contributed by atoms with Crippen LogP contribution in [0.5, 0.6) is 5.75 Å². The quantitative estimate of drug-likeness (QED) is 0.170. The molecule has 3 N–H and O–H groups in total. The predicted molar refractivity (Wildman–Crippen MR) is 149 cm³/mol. The van der Waals surface area contributed by atoms with Gasteiger partial charge >= 0.3 is 11.9 Å². The molecule has 1 aromatic heterocycles. The Morgan fingerprint density at radius 2 is 1.79 bits per heavy atom. The number of methoxy groups -OCH3 is 1. The molecule has 2 aromatic carbocycles. The number of nitrogens with zero attached hydrogens (tertiary/aromatic N) is 4. The highest BCUT2D eigenvalue weighted by Gasteiger charge is 2.21. The van der Waals surface area contributed by atoms with Crippen LogP contribution in [0.25, 0.3) is 11.5 Å². The zero-order valence-corrected chi connectivity index (χ0v) is 22.8. The lowest BCUT2D eigenvalue weighted by molar-refractivity contribution is -0.384. The van der Waals surface area contributed by atoms with E-state index in [-0.39, 0.29) is 17.4 Å². The summed E-state index contributed by atoms with van der Waals surface area (Å²) >= 11 is 0. The lowest BCUT2D eigenvalue weighted by Gasteiger charge is -2.32. The summed E-state index contributed by atoms with van der Waals surface area (Å²) < 4.78 is 10.4. The van der Waals surface area contributed by atoms with Crippen molar-refractivity contribution < 1.29 is 38.8 Å². The van der Waals surface area contributed by atoms with E-state index in [0.29, 0.717) is 30.2 Å². The molecule has 1 saturated heterocycles. The number of hydrogen-bond acceptors (Lipinski definition) is 10. The van der Waals surface area contributed by atoms with E-state index in [4.69, 9.17) is 19.5 Å². The van der Waals surface area contributed by atoms with Crippen molar-refractivity contribution in [3.63, 3.8) is 0 Å². The van der Waals surface area contributed by atoms with Gasteiger partial charge in [-0.2, -0.15) is 4.98 Å². The van der Waals surface area contributed by atoms with Crippen molar-refractivity contribution >= 4 is 23.5 Å². The van der Waals surface area contributed by atoms with Gasteiger partial charge in [0.05, 0.1) is 12.0 Å². The number of carboxylic acids is 2. The first kappa shape index (κ1) is 31.4. The number of nitrogens with one attached hydrogen (secondary N) is 1. The number of non-ortho nitro benzene ring substituents is 1. The van der Waals surface area contributed by atoms with Gasteiger partial charge in [0.2, 0.25) is 0 Å². The molecule has 222 valence electrons. The highest BCUT2D eigenvalue weighted by Crippen LogP contribution is 2.23. The maximum atomic E-state index is 12.4. The molecule has 0 spiro atoms. The second-order valence-corrected chi connectivity index (χ2v) is 9.35. The van der Waals surface area contributed by atoms with E-state index in [1.165, 1.54) is 29.8 Å². The van der Waals surface area contributed by atoms with Gasteiger partial charge in [-0.15, -0.1) is 0 Å². The molecular formula is C28H31N5O9. The van der Waals surface area contributed by atoms with E-state index < -0.39 is 22.8 Å². The Kier molecular flexibility index (Phi) is 11.7. The van der Waals surface area contributed by atoms with E-state index >= 15 is 0 Å². The normalized spacial score (nSPS) is 13.6. The number of aliphatic carboxylic acids is 2. The Morgan fingerprint density at radius 1 is 1.12 bits per heavy atom. The predicted octanol–water partition coefficient (Wildman–Crippen LogP) is 3.40.